The number of unbranched alkanes of at least 4 members (excludes halogenated alkanes) is 1. The van der Waals surface area contributed by atoms with E-state index < -0.39 is 0 Å². The Bertz CT molecular complexity index is 840. The molecule has 1 aliphatic carbocycles. The smallest absolute Gasteiger partial charge is 0.226 e. The quantitative estimate of drug-likeness (QED) is 0.420. The van der Waals surface area contributed by atoms with Crippen LogP contribution in [0.5, 0.6) is 0 Å². The molecule has 2 aromatic carbocycles. The number of amides is 1. The van der Waals surface area contributed by atoms with Crippen LogP contribution in [0.2, 0.25) is 0 Å². The van der Waals surface area contributed by atoms with Gasteiger partial charge in [0.1, 0.15) is 0 Å². The fraction of sp³-hybridized carbons (Fsp3) is 0.483. The van der Waals surface area contributed by atoms with Gasteiger partial charge >= 0.3 is 0 Å². The molecule has 0 bridgehead atoms. The number of carbonyl (C=O) groups excluding carboxylic acids is 1. The topological polar surface area (TPSA) is 52.6 Å². The van der Waals surface area contributed by atoms with Crippen molar-refractivity contribution < 1.29 is 9.90 Å². The van der Waals surface area contributed by atoms with E-state index in [0.29, 0.717) is 18.4 Å². The maximum atomic E-state index is 12.9. The van der Waals surface area contributed by atoms with Crippen molar-refractivity contribution in [3.05, 3.63) is 77.4 Å². The molecule has 2 N–H and O–H groups in total. The average molecular weight is 449 g/mol. The Hall–Kier alpha value is -2.43. The van der Waals surface area contributed by atoms with Crippen LogP contribution < -0.4 is 5.32 Å². The molecule has 2 aromatic rings. The van der Waals surface area contributed by atoms with Gasteiger partial charge in [-0.3, -0.25) is 4.79 Å². The maximum Gasteiger partial charge on any atom is 0.226 e. The highest BCUT2D eigenvalue weighted by atomic mass is 16.2. The molecule has 4 heteroatoms. The average Bonchev–Trinajstić information content (AvgIpc) is 2.86. The van der Waals surface area contributed by atoms with Crippen LogP contribution in [0, 0.1) is 0 Å². The summed E-state index contributed by atoms with van der Waals surface area (Å²) in [6.07, 6.45) is 10.8. The molecule has 0 radical (unpaired) electrons. The van der Waals surface area contributed by atoms with Crippen LogP contribution in [-0.2, 0) is 11.3 Å². The molecule has 1 aliphatic rings. The zero-order valence-electron chi connectivity index (χ0n) is 20.1. The summed E-state index contributed by atoms with van der Waals surface area (Å²) in [5.41, 5.74) is 3.87. The second-order valence-corrected chi connectivity index (χ2v) is 9.05. The summed E-state index contributed by atoms with van der Waals surface area (Å²) in [6.45, 7) is 4.98. The molecule has 1 fully saturated rings. The lowest BCUT2D eigenvalue weighted by atomic mass is 9.81. The molecule has 0 aliphatic heterocycles. The lowest BCUT2D eigenvalue weighted by Crippen LogP contribution is -2.41. The molecule has 0 heterocycles. The van der Waals surface area contributed by atoms with Crippen molar-refractivity contribution in [3.8, 4) is 0 Å². The number of aliphatic hydroxyl groups is 1. The molecule has 1 amide bonds. The molecular formula is C29H40N2O2. The van der Waals surface area contributed by atoms with Crippen LogP contribution >= 0.6 is 0 Å². The minimum absolute atomic E-state index is 0.240. The second kappa shape index (κ2) is 14.0. The number of aliphatic hydroxyl groups excluding tert-OH is 1. The highest BCUT2D eigenvalue weighted by molar-refractivity contribution is 5.79. The number of carbonyl (C=O) groups is 1. The number of benzene rings is 2. The highest BCUT2D eigenvalue weighted by Crippen LogP contribution is 2.35. The Labute approximate surface area is 199 Å². The predicted molar refractivity (Wildman–Crippen MR) is 137 cm³/mol. The summed E-state index contributed by atoms with van der Waals surface area (Å²) >= 11 is 0. The minimum Gasteiger partial charge on any atom is -0.396 e. The first kappa shape index (κ1) is 25.2. The number of nitrogens with zero attached hydrogens (tertiary/aromatic N) is 1. The molecule has 0 unspecified atom stereocenters. The largest absolute Gasteiger partial charge is 0.396 e. The van der Waals surface area contributed by atoms with Gasteiger partial charge in [0.25, 0.3) is 0 Å². The van der Waals surface area contributed by atoms with Gasteiger partial charge in [-0.15, -0.1) is 0 Å². The van der Waals surface area contributed by atoms with Gasteiger partial charge in [0.15, 0.2) is 0 Å². The Morgan fingerprint density at radius 3 is 2.42 bits per heavy atom. The molecule has 1 saturated carbocycles. The predicted octanol–water partition coefficient (Wildman–Crippen LogP) is 5.53. The fourth-order valence-electron chi connectivity index (χ4n) is 4.84. The number of nitrogens with one attached hydrogen (secondary N) is 1. The molecule has 178 valence electrons. The van der Waals surface area contributed by atoms with E-state index in [1.54, 1.807) is 0 Å². The lowest BCUT2D eigenvalue weighted by molar-refractivity contribution is -0.133. The van der Waals surface area contributed by atoms with E-state index in [0.717, 1.165) is 63.7 Å². The van der Waals surface area contributed by atoms with Gasteiger partial charge in [-0.1, -0.05) is 66.7 Å². The third kappa shape index (κ3) is 8.13. The summed E-state index contributed by atoms with van der Waals surface area (Å²) in [4.78, 5) is 14.9. The normalized spacial score (nSPS) is 18.5. The number of rotatable bonds is 12. The first-order chi connectivity index (χ1) is 16.2. The van der Waals surface area contributed by atoms with Gasteiger partial charge in [-0.05, 0) is 74.6 Å². The lowest BCUT2D eigenvalue weighted by Gasteiger charge is -2.36. The highest BCUT2D eigenvalue weighted by Gasteiger charge is 2.28. The Morgan fingerprint density at radius 2 is 1.76 bits per heavy atom. The second-order valence-electron chi connectivity index (χ2n) is 9.05. The summed E-state index contributed by atoms with van der Waals surface area (Å²) in [7, 11) is 0. The van der Waals surface area contributed by atoms with Crippen molar-refractivity contribution in [1.82, 2.24) is 10.2 Å². The number of hydrogen-bond donors (Lipinski definition) is 2. The Kier molecular flexibility index (Phi) is 10.7. The summed E-state index contributed by atoms with van der Waals surface area (Å²) in [5, 5.41) is 12.3. The van der Waals surface area contributed by atoms with E-state index in [4.69, 9.17) is 5.11 Å². The van der Waals surface area contributed by atoms with Crippen LogP contribution in [0.3, 0.4) is 0 Å². The van der Waals surface area contributed by atoms with E-state index in [9.17, 15) is 4.79 Å². The zero-order valence-corrected chi connectivity index (χ0v) is 20.1. The maximum absolute atomic E-state index is 12.9. The van der Waals surface area contributed by atoms with E-state index in [1.807, 2.05) is 30.4 Å². The van der Waals surface area contributed by atoms with Crippen LogP contribution in [0.15, 0.2) is 60.7 Å². The van der Waals surface area contributed by atoms with Crippen LogP contribution in [0.25, 0.3) is 6.08 Å². The molecule has 33 heavy (non-hydrogen) atoms. The first-order valence-corrected chi connectivity index (χ1v) is 12.6. The van der Waals surface area contributed by atoms with Gasteiger partial charge in [0, 0.05) is 32.2 Å². The fourth-order valence-corrected chi connectivity index (χ4v) is 4.84. The van der Waals surface area contributed by atoms with E-state index >= 15 is 0 Å². The minimum atomic E-state index is 0.240. The molecule has 0 aromatic heterocycles. The van der Waals surface area contributed by atoms with Gasteiger partial charge < -0.3 is 15.3 Å². The van der Waals surface area contributed by atoms with Crippen molar-refractivity contribution >= 4 is 12.0 Å². The van der Waals surface area contributed by atoms with Crippen molar-refractivity contribution in [1.29, 1.82) is 0 Å². The van der Waals surface area contributed by atoms with Gasteiger partial charge in [-0.25, -0.2) is 0 Å². The third-order valence-corrected chi connectivity index (χ3v) is 6.74. The van der Waals surface area contributed by atoms with E-state index in [-0.39, 0.29) is 12.5 Å². The summed E-state index contributed by atoms with van der Waals surface area (Å²) in [5.74, 6) is 0.837. The van der Waals surface area contributed by atoms with Gasteiger partial charge in [-0.2, -0.15) is 0 Å². The van der Waals surface area contributed by atoms with Crippen LogP contribution in [0.4, 0.5) is 0 Å². The first-order valence-electron chi connectivity index (χ1n) is 12.6. The molecule has 0 atom stereocenters. The van der Waals surface area contributed by atoms with E-state index in [2.05, 4.69) is 53.5 Å². The van der Waals surface area contributed by atoms with Crippen molar-refractivity contribution in [2.75, 3.05) is 19.7 Å². The third-order valence-electron chi connectivity index (χ3n) is 6.74. The van der Waals surface area contributed by atoms with Gasteiger partial charge in [0.2, 0.25) is 5.91 Å². The van der Waals surface area contributed by atoms with Crippen LogP contribution in [-0.4, -0.2) is 41.7 Å². The van der Waals surface area contributed by atoms with Gasteiger partial charge in [0.05, 0.1) is 0 Å². The monoisotopic (exact) mass is 448 g/mol. The van der Waals surface area contributed by atoms with Crippen molar-refractivity contribution in [2.45, 2.75) is 70.4 Å². The zero-order chi connectivity index (χ0) is 23.3. The number of hydrogen-bond acceptors (Lipinski definition) is 3. The Morgan fingerprint density at radius 1 is 1.03 bits per heavy atom. The van der Waals surface area contributed by atoms with E-state index in [1.165, 1.54) is 11.1 Å². The molecule has 0 saturated heterocycles. The molecule has 3 rings (SSSR count). The summed E-state index contributed by atoms with van der Waals surface area (Å²) < 4.78 is 0. The SMILES string of the molecule is CCN(C(=O)CC=Cc1ccccc1)C1CCC(c2ccc(CNCCCCO)cc2)CC1. The standard InChI is InChI=1S/C29H40N2O2/c1-2-31(29(33)12-8-11-24-9-4-3-5-10-24)28-19-17-27(18-20-28)26-15-13-25(14-16-26)23-30-21-6-7-22-32/h3-5,8-11,13-16,27-28,30,32H,2,6-7,12,17-23H2,1H3. The Balaban J connectivity index is 1.43. The molecular weight excluding hydrogens is 408 g/mol. The van der Waals surface area contributed by atoms with Crippen molar-refractivity contribution in [3.63, 3.8) is 0 Å². The van der Waals surface area contributed by atoms with Crippen molar-refractivity contribution in [2.24, 2.45) is 0 Å². The summed E-state index contributed by atoms with van der Waals surface area (Å²) in [6, 6.07) is 19.6. The van der Waals surface area contributed by atoms with Crippen LogP contribution in [0.1, 0.15) is 74.5 Å². The molecule has 4 nitrogen and oxygen atoms in total. The molecule has 0 spiro atoms.